The Morgan fingerprint density at radius 2 is 1.44 bits per heavy atom. The second kappa shape index (κ2) is 6.25. The highest BCUT2D eigenvalue weighted by atomic mass is 16.5. The van der Waals surface area contributed by atoms with E-state index in [1.54, 1.807) is 22.6 Å². The molecule has 0 radical (unpaired) electrons. The van der Waals surface area contributed by atoms with Gasteiger partial charge in [0.25, 0.3) is 0 Å². The summed E-state index contributed by atoms with van der Waals surface area (Å²) in [4.78, 5) is 37.9. The van der Waals surface area contributed by atoms with Crippen LogP contribution in [0.15, 0.2) is 59.4 Å². The minimum absolute atomic E-state index is 0.0812. The Labute approximate surface area is 153 Å². The number of esters is 2. The molecule has 0 saturated heterocycles. The highest BCUT2D eigenvalue weighted by Gasteiger charge is 2.30. The van der Waals surface area contributed by atoms with Gasteiger partial charge in [0.1, 0.15) is 11.1 Å². The molecular weight excluding hydrogens is 346 g/mol. The van der Waals surface area contributed by atoms with Gasteiger partial charge in [-0.25, -0.2) is 9.59 Å². The van der Waals surface area contributed by atoms with E-state index in [0.717, 1.165) is 5.56 Å². The van der Waals surface area contributed by atoms with Gasteiger partial charge in [-0.2, -0.15) is 0 Å². The third-order valence-corrected chi connectivity index (χ3v) is 4.60. The summed E-state index contributed by atoms with van der Waals surface area (Å²) in [7, 11) is 2.49. The van der Waals surface area contributed by atoms with Crippen LogP contribution in [0.2, 0.25) is 0 Å². The highest BCUT2D eigenvalue weighted by molar-refractivity contribution is 6.16. The maximum atomic E-state index is 12.7. The number of benzene rings is 1. The minimum atomic E-state index is -0.670. The molecule has 0 unspecified atom stereocenters. The van der Waals surface area contributed by atoms with E-state index in [1.165, 1.54) is 20.3 Å². The number of methoxy groups -OCH3 is 2. The van der Waals surface area contributed by atoms with Crippen molar-refractivity contribution >= 4 is 28.5 Å². The molecular formula is C21H15NO5. The van der Waals surface area contributed by atoms with Gasteiger partial charge in [0.2, 0.25) is 5.43 Å². The highest BCUT2D eigenvalue weighted by Crippen LogP contribution is 2.34. The van der Waals surface area contributed by atoms with Gasteiger partial charge >= 0.3 is 11.9 Å². The van der Waals surface area contributed by atoms with Crippen molar-refractivity contribution in [2.24, 2.45) is 0 Å². The molecule has 0 amide bonds. The summed E-state index contributed by atoms with van der Waals surface area (Å²) in [5.74, 6) is -1.34. The van der Waals surface area contributed by atoms with Gasteiger partial charge in [-0.3, -0.25) is 4.79 Å². The molecule has 0 saturated carbocycles. The molecule has 4 rings (SSSR count). The first-order valence-corrected chi connectivity index (χ1v) is 8.24. The largest absolute Gasteiger partial charge is 0.465 e. The molecule has 3 heterocycles. The van der Waals surface area contributed by atoms with E-state index < -0.39 is 11.9 Å². The monoisotopic (exact) mass is 361 g/mol. The smallest absolute Gasteiger partial charge is 0.340 e. The Kier molecular flexibility index (Phi) is 3.88. The van der Waals surface area contributed by atoms with Gasteiger partial charge < -0.3 is 13.9 Å². The van der Waals surface area contributed by atoms with Crippen molar-refractivity contribution in [1.29, 1.82) is 0 Å². The van der Waals surface area contributed by atoms with Crippen LogP contribution in [-0.4, -0.2) is 30.6 Å². The number of aromatic nitrogens is 1. The summed E-state index contributed by atoms with van der Waals surface area (Å²) in [6, 6.07) is 15.7. The van der Waals surface area contributed by atoms with Crippen molar-refractivity contribution < 1.29 is 19.1 Å². The van der Waals surface area contributed by atoms with E-state index in [0.29, 0.717) is 22.1 Å². The Bertz CT molecular complexity index is 1240. The molecule has 0 aliphatic carbocycles. The summed E-state index contributed by atoms with van der Waals surface area (Å²) in [6.07, 6.45) is 0. The van der Waals surface area contributed by atoms with Crippen molar-refractivity contribution in [2.75, 3.05) is 14.2 Å². The lowest BCUT2D eigenvalue weighted by atomic mass is 10.0. The van der Waals surface area contributed by atoms with E-state index in [4.69, 9.17) is 9.47 Å². The van der Waals surface area contributed by atoms with Crippen molar-refractivity contribution in [1.82, 2.24) is 4.40 Å². The maximum Gasteiger partial charge on any atom is 0.340 e. The molecule has 27 heavy (non-hydrogen) atoms. The minimum Gasteiger partial charge on any atom is -0.465 e. The first-order chi connectivity index (χ1) is 13.1. The standard InChI is InChI=1S/C21H15NO5/c1-26-20(24)17-15-10-6-9-14-16(23)11-13(12-7-4-3-5-8-12)19(22(14)15)18(17)21(25)27-2/h3-11H,1-2H3. The lowest BCUT2D eigenvalue weighted by Gasteiger charge is -2.09. The fourth-order valence-electron chi connectivity index (χ4n) is 3.47. The lowest BCUT2D eigenvalue weighted by molar-refractivity contribution is 0.0559. The maximum absolute atomic E-state index is 12.7. The second-order valence-electron chi connectivity index (χ2n) is 6.00. The average molecular weight is 361 g/mol. The molecule has 0 spiro atoms. The van der Waals surface area contributed by atoms with Crippen LogP contribution in [0.25, 0.3) is 27.7 Å². The van der Waals surface area contributed by atoms with E-state index in [2.05, 4.69) is 0 Å². The average Bonchev–Trinajstić information content (AvgIpc) is 3.06. The summed E-state index contributed by atoms with van der Waals surface area (Å²) in [6.45, 7) is 0. The Morgan fingerprint density at radius 3 is 2.11 bits per heavy atom. The third kappa shape index (κ3) is 2.38. The number of hydrogen-bond acceptors (Lipinski definition) is 5. The van der Waals surface area contributed by atoms with Crippen LogP contribution in [0.1, 0.15) is 20.7 Å². The van der Waals surface area contributed by atoms with E-state index in [-0.39, 0.29) is 16.6 Å². The first-order valence-electron chi connectivity index (χ1n) is 8.24. The predicted octanol–water partition coefficient (Wildman–Crippen LogP) is 3.13. The van der Waals surface area contributed by atoms with Crippen LogP contribution >= 0.6 is 0 Å². The van der Waals surface area contributed by atoms with Gasteiger partial charge in [-0.1, -0.05) is 36.4 Å². The zero-order chi connectivity index (χ0) is 19.1. The predicted molar refractivity (Wildman–Crippen MR) is 100 cm³/mol. The van der Waals surface area contributed by atoms with E-state index >= 15 is 0 Å². The van der Waals surface area contributed by atoms with Gasteiger partial charge in [0.15, 0.2) is 0 Å². The molecule has 0 N–H and O–H groups in total. The summed E-state index contributed by atoms with van der Waals surface area (Å²) in [5.41, 5.74) is 2.48. The molecule has 134 valence electrons. The first kappa shape index (κ1) is 16.8. The Morgan fingerprint density at radius 1 is 0.815 bits per heavy atom. The van der Waals surface area contributed by atoms with Crippen LogP contribution in [0.3, 0.4) is 0 Å². The Balaban J connectivity index is 2.30. The zero-order valence-electron chi connectivity index (χ0n) is 14.7. The van der Waals surface area contributed by atoms with Gasteiger partial charge in [-0.05, 0) is 23.8 Å². The number of pyridine rings is 2. The van der Waals surface area contributed by atoms with Crippen LogP contribution in [0, 0.1) is 0 Å². The van der Waals surface area contributed by atoms with Crippen LogP contribution in [-0.2, 0) is 9.47 Å². The SMILES string of the molecule is COC(=O)c1c(C(=O)OC)c2c(-c3ccccc3)cc(=O)c3cccc1n23. The van der Waals surface area contributed by atoms with Gasteiger partial charge in [-0.15, -0.1) is 0 Å². The molecule has 0 bridgehead atoms. The topological polar surface area (TPSA) is 74.1 Å². The van der Waals surface area contributed by atoms with Crippen LogP contribution < -0.4 is 5.43 Å². The molecule has 0 aliphatic heterocycles. The van der Waals surface area contributed by atoms with Crippen LogP contribution in [0.5, 0.6) is 0 Å². The summed E-state index contributed by atoms with van der Waals surface area (Å²) in [5, 5.41) is 0. The molecule has 4 aromatic rings. The molecule has 0 aliphatic rings. The number of rotatable bonds is 3. The van der Waals surface area contributed by atoms with Crippen molar-refractivity contribution in [3.8, 4) is 11.1 Å². The summed E-state index contributed by atoms with van der Waals surface area (Å²) < 4.78 is 11.5. The Hall–Kier alpha value is -3.67. The lowest BCUT2D eigenvalue weighted by Crippen LogP contribution is -2.10. The van der Waals surface area contributed by atoms with E-state index in [9.17, 15) is 14.4 Å². The molecule has 0 atom stereocenters. The molecule has 6 nitrogen and oxygen atoms in total. The van der Waals surface area contributed by atoms with Crippen molar-refractivity contribution in [2.45, 2.75) is 0 Å². The zero-order valence-corrected chi connectivity index (χ0v) is 14.7. The number of ether oxygens (including phenoxy) is 2. The number of hydrogen-bond donors (Lipinski definition) is 0. The molecule has 6 heteroatoms. The summed E-state index contributed by atoms with van der Waals surface area (Å²) >= 11 is 0. The fourth-order valence-corrected chi connectivity index (χ4v) is 3.47. The van der Waals surface area contributed by atoms with Crippen molar-refractivity contribution in [3.05, 3.63) is 75.9 Å². The van der Waals surface area contributed by atoms with E-state index in [1.807, 2.05) is 30.3 Å². The number of carbonyl (C=O) groups excluding carboxylic acids is 2. The molecule has 0 fully saturated rings. The van der Waals surface area contributed by atoms with Crippen LogP contribution in [0.4, 0.5) is 0 Å². The molecule has 1 aromatic carbocycles. The molecule has 3 aromatic heterocycles. The third-order valence-electron chi connectivity index (χ3n) is 4.60. The van der Waals surface area contributed by atoms with Gasteiger partial charge in [0.05, 0.1) is 30.8 Å². The van der Waals surface area contributed by atoms with Crippen molar-refractivity contribution in [3.63, 3.8) is 0 Å². The second-order valence-corrected chi connectivity index (χ2v) is 6.00. The number of nitrogens with zero attached hydrogens (tertiary/aromatic N) is 1. The normalized spacial score (nSPS) is 11.0. The quantitative estimate of drug-likeness (QED) is 0.524. The fraction of sp³-hybridized carbons (Fsp3) is 0.0952. The van der Waals surface area contributed by atoms with Gasteiger partial charge in [0, 0.05) is 5.56 Å². The number of carbonyl (C=O) groups is 2.